The number of aliphatic hydroxyl groups is 1. The van der Waals surface area contributed by atoms with Crippen molar-refractivity contribution >= 4 is 17.4 Å². The van der Waals surface area contributed by atoms with Gasteiger partial charge in [-0.05, 0) is 50.2 Å². The molecule has 11 heteroatoms. The van der Waals surface area contributed by atoms with Gasteiger partial charge in [0.2, 0.25) is 18.3 Å². The molecule has 2 aromatic carbocycles. The van der Waals surface area contributed by atoms with Crippen molar-refractivity contribution in [2.24, 2.45) is 0 Å². The number of carbonyl (C=O) groups is 2. The Morgan fingerprint density at radius 1 is 0.897 bits per heavy atom. The van der Waals surface area contributed by atoms with E-state index in [-0.39, 0.29) is 24.7 Å². The van der Waals surface area contributed by atoms with Gasteiger partial charge < -0.3 is 43.3 Å². The SMILES string of the molecule is COc1ccc(C(O)=C2C(=O)C(=O)N(CCN3CCCC3)C2c2cc(OC)c3c(c2OC)OCO3)cc1OC. The predicted octanol–water partition coefficient (Wildman–Crippen LogP) is 2.97. The van der Waals surface area contributed by atoms with Gasteiger partial charge in [-0.3, -0.25) is 9.59 Å². The second-order valence-corrected chi connectivity index (χ2v) is 9.38. The summed E-state index contributed by atoms with van der Waals surface area (Å²) in [6.45, 7) is 2.69. The van der Waals surface area contributed by atoms with Crippen molar-refractivity contribution < 1.29 is 43.1 Å². The van der Waals surface area contributed by atoms with Crippen molar-refractivity contribution in [2.45, 2.75) is 18.9 Å². The molecule has 2 saturated heterocycles. The first-order chi connectivity index (χ1) is 18.9. The molecule has 39 heavy (non-hydrogen) atoms. The Morgan fingerprint density at radius 3 is 2.26 bits per heavy atom. The molecule has 1 N–H and O–H groups in total. The molecule has 2 aromatic rings. The van der Waals surface area contributed by atoms with E-state index in [1.54, 1.807) is 24.3 Å². The number of fused-ring (bicyclic) bond motifs is 1. The summed E-state index contributed by atoms with van der Waals surface area (Å²) in [6, 6.07) is 5.46. The van der Waals surface area contributed by atoms with Gasteiger partial charge >= 0.3 is 0 Å². The van der Waals surface area contributed by atoms with Crippen LogP contribution in [0, 0.1) is 0 Å². The third kappa shape index (κ3) is 4.56. The zero-order valence-electron chi connectivity index (χ0n) is 22.4. The van der Waals surface area contributed by atoms with Gasteiger partial charge in [0.15, 0.2) is 23.0 Å². The van der Waals surface area contributed by atoms with E-state index in [2.05, 4.69) is 4.90 Å². The second kappa shape index (κ2) is 10.9. The van der Waals surface area contributed by atoms with E-state index in [0.717, 1.165) is 25.9 Å². The summed E-state index contributed by atoms with van der Waals surface area (Å²) in [5.41, 5.74) is 0.649. The third-order valence-corrected chi connectivity index (χ3v) is 7.36. The largest absolute Gasteiger partial charge is 0.507 e. The van der Waals surface area contributed by atoms with Crippen molar-refractivity contribution in [3.63, 3.8) is 0 Å². The molecular weight excluding hydrogens is 508 g/mol. The lowest BCUT2D eigenvalue weighted by atomic mass is 9.93. The number of benzene rings is 2. The second-order valence-electron chi connectivity index (χ2n) is 9.38. The average molecular weight is 541 g/mol. The lowest BCUT2D eigenvalue weighted by Gasteiger charge is -2.29. The Labute approximate surface area is 226 Å². The van der Waals surface area contributed by atoms with Crippen LogP contribution in [-0.2, 0) is 9.59 Å². The lowest BCUT2D eigenvalue weighted by molar-refractivity contribution is -0.140. The molecule has 0 bridgehead atoms. The van der Waals surface area contributed by atoms with Gasteiger partial charge in [0, 0.05) is 24.2 Å². The molecule has 11 nitrogen and oxygen atoms in total. The maximum Gasteiger partial charge on any atom is 0.295 e. The molecule has 2 fully saturated rings. The number of hydrogen-bond acceptors (Lipinski definition) is 10. The number of aliphatic hydroxyl groups excluding tert-OH is 1. The average Bonchev–Trinajstić information content (AvgIpc) is 3.71. The molecule has 0 saturated carbocycles. The molecule has 3 aliphatic rings. The Kier molecular flexibility index (Phi) is 7.42. The van der Waals surface area contributed by atoms with Crippen LogP contribution in [-0.4, -0.2) is 88.0 Å². The smallest absolute Gasteiger partial charge is 0.295 e. The number of ketones is 1. The normalized spacial score (nSPS) is 20.0. The summed E-state index contributed by atoms with van der Waals surface area (Å²) < 4.78 is 33.3. The van der Waals surface area contributed by atoms with Crippen molar-refractivity contribution in [3.05, 3.63) is 41.0 Å². The van der Waals surface area contributed by atoms with Crippen molar-refractivity contribution in [2.75, 3.05) is 61.4 Å². The summed E-state index contributed by atoms with van der Waals surface area (Å²) >= 11 is 0. The highest BCUT2D eigenvalue weighted by molar-refractivity contribution is 6.46. The number of nitrogens with zero attached hydrogens (tertiary/aromatic N) is 2. The highest BCUT2D eigenvalue weighted by atomic mass is 16.7. The van der Waals surface area contributed by atoms with Gasteiger partial charge in [0.1, 0.15) is 5.76 Å². The lowest BCUT2D eigenvalue weighted by Crippen LogP contribution is -2.37. The first-order valence-corrected chi connectivity index (χ1v) is 12.7. The zero-order chi connectivity index (χ0) is 27.7. The van der Waals surface area contributed by atoms with Crippen LogP contribution in [0.4, 0.5) is 0 Å². The van der Waals surface area contributed by atoms with Gasteiger partial charge in [-0.1, -0.05) is 0 Å². The highest BCUT2D eigenvalue weighted by Crippen LogP contribution is 2.54. The predicted molar refractivity (Wildman–Crippen MR) is 140 cm³/mol. The van der Waals surface area contributed by atoms with Gasteiger partial charge in [-0.2, -0.15) is 0 Å². The zero-order valence-corrected chi connectivity index (χ0v) is 22.4. The Hall–Kier alpha value is -4.12. The van der Waals surface area contributed by atoms with E-state index in [9.17, 15) is 14.7 Å². The molecular formula is C28H32N2O9. The molecule has 0 aliphatic carbocycles. The van der Waals surface area contributed by atoms with Crippen LogP contribution in [0.1, 0.15) is 30.0 Å². The van der Waals surface area contributed by atoms with E-state index in [1.165, 1.54) is 33.3 Å². The first kappa shape index (κ1) is 26.5. The van der Waals surface area contributed by atoms with E-state index in [4.69, 9.17) is 28.4 Å². The number of likely N-dealkylation sites (tertiary alicyclic amines) is 2. The summed E-state index contributed by atoms with van der Waals surface area (Å²) in [7, 11) is 5.94. The minimum atomic E-state index is -0.973. The van der Waals surface area contributed by atoms with Crippen LogP contribution >= 0.6 is 0 Å². The maximum absolute atomic E-state index is 13.6. The summed E-state index contributed by atoms with van der Waals surface area (Å²) in [5, 5.41) is 11.5. The number of methoxy groups -OCH3 is 4. The van der Waals surface area contributed by atoms with Crippen molar-refractivity contribution in [3.8, 4) is 34.5 Å². The molecule has 208 valence electrons. The van der Waals surface area contributed by atoms with Crippen molar-refractivity contribution in [1.82, 2.24) is 9.80 Å². The number of ether oxygens (including phenoxy) is 6. The summed E-state index contributed by atoms with van der Waals surface area (Å²) in [5.74, 6) is 0.292. The van der Waals surface area contributed by atoms with Crippen LogP contribution < -0.4 is 28.4 Å². The van der Waals surface area contributed by atoms with Crippen LogP contribution in [0.15, 0.2) is 29.8 Å². The van der Waals surface area contributed by atoms with Gasteiger partial charge in [-0.25, -0.2) is 0 Å². The number of rotatable bonds is 9. The molecule has 1 atom stereocenters. The van der Waals surface area contributed by atoms with Gasteiger partial charge in [-0.15, -0.1) is 0 Å². The van der Waals surface area contributed by atoms with Crippen LogP contribution in [0.25, 0.3) is 5.76 Å². The maximum atomic E-state index is 13.6. The fraction of sp³-hybridized carbons (Fsp3) is 0.429. The molecule has 3 heterocycles. The van der Waals surface area contributed by atoms with Crippen LogP contribution in [0.2, 0.25) is 0 Å². The van der Waals surface area contributed by atoms with E-state index >= 15 is 0 Å². The minimum absolute atomic E-state index is 0.0354. The number of hydrogen-bond donors (Lipinski definition) is 1. The van der Waals surface area contributed by atoms with Crippen LogP contribution in [0.3, 0.4) is 0 Å². The highest BCUT2D eigenvalue weighted by Gasteiger charge is 2.48. The van der Waals surface area contributed by atoms with Gasteiger partial charge in [0.05, 0.1) is 40.1 Å². The summed E-state index contributed by atoms with van der Waals surface area (Å²) in [6.07, 6.45) is 2.18. The molecule has 5 rings (SSSR count). The van der Waals surface area contributed by atoms with E-state index in [1.807, 2.05) is 0 Å². The van der Waals surface area contributed by atoms with Gasteiger partial charge in [0.25, 0.3) is 11.7 Å². The van der Waals surface area contributed by atoms with E-state index in [0.29, 0.717) is 52.2 Å². The third-order valence-electron chi connectivity index (χ3n) is 7.36. The Balaban J connectivity index is 1.68. The fourth-order valence-electron chi connectivity index (χ4n) is 5.43. The first-order valence-electron chi connectivity index (χ1n) is 12.7. The van der Waals surface area contributed by atoms with E-state index < -0.39 is 17.7 Å². The number of carbonyl (C=O) groups excluding carboxylic acids is 2. The van der Waals surface area contributed by atoms with Crippen molar-refractivity contribution in [1.29, 1.82) is 0 Å². The monoisotopic (exact) mass is 540 g/mol. The number of amides is 1. The number of Topliss-reactive ketones (excluding diaryl/α,β-unsaturated/α-hetero) is 1. The molecule has 3 aliphatic heterocycles. The molecule has 0 spiro atoms. The molecule has 1 unspecified atom stereocenters. The molecule has 1 amide bonds. The minimum Gasteiger partial charge on any atom is -0.507 e. The Bertz CT molecular complexity index is 1320. The van der Waals surface area contributed by atoms with Crippen LogP contribution in [0.5, 0.6) is 34.5 Å². The Morgan fingerprint density at radius 2 is 1.59 bits per heavy atom. The quantitative estimate of drug-likeness (QED) is 0.289. The molecule has 0 aromatic heterocycles. The topological polar surface area (TPSA) is 116 Å². The molecule has 0 radical (unpaired) electrons. The fourth-order valence-corrected chi connectivity index (χ4v) is 5.43. The summed E-state index contributed by atoms with van der Waals surface area (Å²) in [4.78, 5) is 30.8. The standard InChI is InChI=1S/C28H32N2O9/c1-34-18-8-7-16(13-19(18)35-2)23(31)21-22(30(28(33)24(21)32)12-11-29-9-5-6-10-29)17-14-20(36-3)26-27(25(17)37-4)39-15-38-26/h7-8,13-14,22,31H,5-6,9-12,15H2,1-4H3.